The minimum Gasteiger partial charge on any atom is -0.504 e. The highest BCUT2D eigenvalue weighted by atomic mass is 16.5. The Bertz CT molecular complexity index is 221. The van der Waals surface area contributed by atoms with E-state index in [-0.39, 0.29) is 5.97 Å². The van der Waals surface area contributed by atoms with Crippen molar-refractivity contribution in [2.24, 2.45) is 0 Å². The molecular formula is C12H20O3. The summed E-state index contributed by atoms with van der Waals surface area (Å²) >= 11 is 0. The molecular weight excluding hydrogens is 192 g/mol. The number of esters is 1. The summed E-state index contributed by atoms with van der Waals surface area (Å²) in [6.45, 7) is 0.396. The highest BCUT2D eigenvalue weighted by molar-refractivity contribution is 5.69. The van der Waals surface area contributed by atoms with Crippen LogP contribution in [0, 0.1) is 0 Å². The van der Waals surface area contributed by atoms with E-state index in [9.17, 15) is 4.79 Å². The number of cyclic esters (lactones) is 1. The first-order valence-corrected chi connectivity index (χ1v) is 5.69. The first kappa shape index (κ1) is 12.1. The number of carbonyl (C=O) groups excluding carboxylic acids is 1. The molecule has 0 aromatic rings. The van der Waals surface area contributed by atoms with Gasteiger partial charge in [-0.25, -0.2) is 0 Å². The van der Waals surface area contributed by atoms with Crippen LogP contribution in [0.25, 0.3) is 0 Å². The van der Waals surface area contributed by atoms with Crippen molar-refractivity contribution in [3.8, 4) is 0 Å². The molecule has 1 heterocycles. The number of carbonyl (C=O) groups is 1. The summed E-state index contributed by atoms with van der Waals surface area (Å²) in [6, 6.07) is 0. The maximum Gasteiger partial charge on any atom is 0.306 e. The molecule has 1 fully saturated rings. The van der Waals surface area contributed by atoms with Gasteiger partial charge in [0.2, 0.25) is 0 Å². The second-order valence-electron chi connectivity index (χ2n) is 3.94. The fourth-order valence-corrected chi connectivity index (χ4v) is 1.73. The Morgan fingerprint density at radius 1 is 1.13 bits per heavy atom. The molecule has 1 aliphatic heterocycles. The van der Waals surface area contributed by atoms with Gasteiger partial charge < -0.3 is 9.47 Å². The number of hydrogen-bond acceptors (Lipinski definition) is 3. The van der Waals surface area contributed by atoms with Crippen molar-refractivity contribution >= 4 is 5.97 Å². The smallest absolute Gasteiger partial charge is 0.306 e. The zero-order chi connectivity index (χ0) is 10.9. The zero-order valence-electron chi connectivity index (χ0n) is 9.46. The summed E-state index contributed by atoms with van der Waals surface area (Å²) in [5.41, 5.74) is 1.08. The van der Waals surface area contributed by atoms with Gasteiger partial charge in [-0.05, 0) is 19.3 Å². The monoisotopic (exact) mass is 212 g/mol. The van der Waals surface area contributed by atoms with E-state index in [0.717, 1.165) is 31.3 Å². The van der Waals surface area contributed by atoms with Crippen LogP contribution in [-0.4, -0.2) is 19.7 Å². The van der Waals surface area contributed by atoms with Crippen LogP contribution >= 0.6 is 0 Å². The van der Waals surface area contributed by atoms with E-state index < -0.39 is 0 Å². The minimum absolute atomic E-state index is 0.0843. The third-order valence-corrected chi connectivity index (χ3v) is 2.58. The van der Waals surface area contributed by atoms with Crippen molar-refractivity contribution in [2.45, 2.75) is 44.9 Å². The quantitative estimate of drug-likeness (QED) is 0.495. The first-order chi connectivity index (χ1) is 7.33. The molecule has 3 heteroatoms. The Balaban J connectivity index is 2.45. The van der Waals surface area contributed by atoms with Crippen LogP contribution in [0.3, 0.4) is 0 Å². The van der Waals surface area contributed by atoms with Crippen LogP contribution in [0.2, 0.25) is 0 Å². The number of ether oxygens (including phenoxy) is 2. The average Bonchev–Trinajstić information content (AvgIpc) is 2.27. The molecule has 0 saturated carbocycles. The van der Waals surface area contributed by atoms with Crippen molar-refractivity contribution in [3.63, 3.8) is 0 Å². The summed E-state index contributed by atoms with van der Waals surface area (Å²) in [5, 5.41) is 0. The van der Waals surface area contributed by atoms with Gasteiger partial charge in [-0.1, -0.05) is 19.3 Å². The Kier molecular flexibility index (Phi) is 5.90. The summed E-state index contributed by atoms with van der Waals surface area (Å²) < 4.78 is 10.1. The fourth-order valence-electron chi connectivity index (χ4n) is 1.73. The van der Waals surface area contributed by atoms with Crippen LogP contribution in [0.1, 0.15) is 44.9 Å². The number of methoxy groups -OCH3 is 1. The molecule has 0 bridgehead atoms. The number of hydrogen-bond donors (Lipinski definition) is 0. The molecule has 0 atom stereocenters. The maximum absolute atomic E-state index is 11.3. The lowest BCUT2D eigenvalue weighted by molar-refractivity contribution is -0.142. The summed E-state index contributed by atoms with van der Waals surface area (Å²) in [4.78, 5) is 11.3. The van der Waals surface area contributed by atoms with Gasteiger partial charge in [0.05, 0.1) is 13.4 Å². The molecule has 0 aliphatic carbocycles. The largest absolute Gasteiger partial charge is 0.504 e. The second-order valence-corrected chi connectivity index (χ2v) is 3.94. The Morgan fingerprint density at radius 3 is 2.53 bits per heavy atom. The Hall–Kier alpha value is -0.990. The molecule has 86 valence electrons. The van der Waals surface area contributed by atoms with E-state index in [0.29, 0.717) is 13.0 Å². The summed E-state index contributed by atoms with van der Waals surface area (Å²) in [6.07, 6.45) is 8.93. The van der Waals surface area contributed by atoms with Gasteiger partial charge in [-0.15, -0.1) is 0 Å². The molecule has 1 rings (SSSR count). The fraction of sp³-hybridized carbons (Fsp3) is 0.750. The normalized spacial score (nSPS) is 23.0. The molecule has 3 nitrogen and oxygen atoms in total. The van der Waals surface area contributed by atoms with E-state index in [1.807, 2.05) is 0 Å². The second kappa shape index (κ2) is 7.32. The highest BCUT2D eigenvalue weighted by Gasteiger charge is 2.07. The maximum atomic E-state index is 11.3. The Morgan fingerprint density at radius 2 is 1.80 bits per heavy atom. The first-order valence-electron chi connectivity index (χ1n) is 5.69. The van der Waals surface area contributed by atoms with Crippen molar-refractivity contribution in [1.29, 1.82) is 0 Å². The molecule has 0 N–H and O–H groups in total. The molecule has 0 unspecified atom stereocenters. The van der Waals surface area contributed by atoms with Crippen LogP contribution in [0.5, 0.6) is 0 Å². The van der Waals surface area contributed by atoms with E-state index in [4.69, 9.17) is 9.47 Å². The van der Waals surface area contributed by atoms with Gasteiger partial charge in [-0.3, -0.25) is 4.79 Å². The van der Waals surface area contributed by atoms with Crippen LogP contribution in [0.15, 0.2) is 11.8 Å². The van der Waals surface area contributed by atoms with Crippen molar-refractivity contribution in [1.82, 2.24) is 0 Å². The van der Waals surface area contributed by atoms with E-state index in [1.165, 1.54) is 12.8 Å². The SMILES string of the molecule is CO/C=C1/CCCCCCCC(=O)OC1. The minimum atomic E-state index is -0.0843. The molecule has 0 amide bonds. The standard InChI is InChI=1S/C12H20O3/c1-14-9-11-7-5-3-2-4-6-8-12(13)15-10-11/h9H,2-8,10H2,1H3/b11-9-. The summed E-state index contributed by atoms with van der Waals surface area (Å²) in [7, 11) is 1.62. The van der Waals surface area contributed by atoms with Gasteiger partial charge in [0, 0.05) is 12.0 Å². The molecule has 0 radical (unpaired) electrons. The van der Waals surface area contributed by atoms with Gasteiger partial charge in [0.15, 0.2) is 0 Å². The predicted molar refractivity (Wildman–Crippen MR) is 58.4 cm³/mol. The topological polar surface area (TPSA) is 35.5 Å². The molecule has 0 aromatic heterocycles. The Labute approximate surface area is 91.4 Å². The van der Waals surface area contributed by atoms with Crippen molar-refractivity contribution < 1.29 is 14.3 Å². The third-order valence-electron chi connectivity index (χ3n) is 2.58. The molecule has 0 aromatic carbocycles. The average molecular weight is 212 g/mol. The van der Waals surface area contributed by atoms with Gasteiger partial charge in [0.1, 0.15) is 6.61 Å². The van der Waals surface area contributed by atoms with Gasteiger partial charge >= 0.3 is 5.97 Å². The lowest BCUT2D eigenvalue weighted by atomic mass is 10.1. The highest BCUT2D eigenvalue weighted by Crippen LogP contribution is 2.14. The van der Waals surface area contributed by atoms with Crippen molar-refractivity contribution in [3.05, 3.63) is 11.8 Å². The summed E-state index contributed by atoms with van der Waals surface area (Å²) in [5.74, 6) is -0.0843. The lowest BCUT2D eigenvalue weighted by Crippen LogP contribution is -2.07. The third kappa shape index (κ3) is 5.45. The molecule has 1 saturated heterocycles. The molecule has 0 spiro atoms. The van der Waals surface area contributed by atoms with Gasteiger partial charge in [0.25, 0.3) is 0 Å². The number of rotatable bonds is 1. The van der Waals surface area contributed by atoms with Gasteiger partial charge in [-0.2, -0.15) is 0 Å². The lowest BCUT2D eigenvalue weighted by Gasteiger charge is -2.07. The van der Waals surface area contributed by atoms with Crippen molar-refractivity contribution in [2.75, 3.05) is 13.7 Å². The zero-order valence-corrected chi connectivity index (χ0v) is 9.46. The predicted octanol–water partition coefficient (Wildman–Crippen LogP) is 2.80. The van der Waals surface area contributed by atoms with Crippen LogP contribution < -0.4 is 0 Å². The van der Waals surface area contributed by atoms with Crippen LogP contribution in [-0.2, 0) is 14.3 Å². The van der Waals surface area contributed by atoms with E-state index >= 15 is 0 Å². The van der Waals surface area contributed by atoms with Crippen LogP contribution in [0.4, 0.5) is 0 Å². The van der Waals surface area contributed by atoms with E-state index in [2.05, 4.69) is 0 Å². The van der Waals surface area contributed by atoms with E-state index in [1.54, 1.807) is 13.4 Å². The molecule has 1 aliphatic rings. The molecule has 15 heavy (non-hydrogen) atoms.